The molecule has 1 N–H and O–H groups in total. The molecular formula is C9H12ClN3. The van der Waals surface area contributed by atoms with Gasteiger partial charge in [0.15, 0.2) is 0 Å². The lowest BCUT2D eigenvalue weighted by molar-refractivity contribution is 0.607. The van der Waals surface area contributed by atoms with Crippen molar-refractivity contribution in [2.24, 2.45) is 5.41 Å². The molecule has 1 heterocycles. The summed E-state index contributed by atoms with van der Waals surface area (Å²) in [6.07, 6.45) is 5.80. The second kappa shape index (κ2) is 3.14. The van der Waals surface area contributed by atoms with Crippen LogP contribution in [0.1, 0.15) is 19.8 Å². The molecule has 0 saturated heterocycles. The molecular weight excluding hydrogens is 186 g/mol. The molecule has 0 spiro atoms. The molecule has 2 rings (SSSR count). The monoisotopic (exact) mass is 197 g/mol. The first kappa shape index (κ1) is 8.75. The van der Waals surface area contributed by atoms with E-state index >= 15 is 0 Å². The highest BCUT2D eigenvalue weighted by atomic mass is 35.5. The molecule has 13 heavy (non-hydrogen) atoms. The molecule has 1 aliphatic carbocycles. The number of hydrogen-bond donors (Lipinski definition) is 1. The van der Waals surface area contributed by atoms with Crippen LogP contribution in [0.4, 0.5) is 5.95 Å². The fourth-order valence-electron chi connectivity index (χ4n) is 1.09. The number of nitrogens with one attached hydrogen (secondary N) is 1. The van der Waals surface area contributed by atoms with Gasteiger partial charge < -0.3 is 5.32 Å². The molecule has 4 heteroatoms. The van der Waals surface area contributed by atoms with E-state index in [9.17, 15) is 0 Å². The van der Waals surface area contributed by atoms with Crippen molar-refractivity contribution in [3.8, 4) is 0 Å². The minimum atomic E-state index is 0.475. The topological polar surface area (TPSA) is 37.8 Å². The fourth-order valence-corrected chi connectivity index (χ4v) is 1.18. The van der Waals surface area contributed by atoms with Crippen LogP contribution in [-0.4, -0.2) is 16.5 Å². The van der Waals surface area contributed by atoms with Gasteiger partial charge in [0.25, 0.3) is 0 Å². The number of aromatic nitrogens is 2. The number of nitrogens with zero attached hydrogens (tertiary/aromatic N) is 2. The van der Waals surface area contributed by atoms with Gasteiger partial charge in [-0.2, -0.15) is 0 Å². The van der Waals surface area contributed by atoms with E-state index in [1.54, 1.807) is 12.4 Å². The molecule has 0 aromatic carbocycles. The minimum absolute atomic E-state index is 0.475. The third-order valence-corrected chi connectivity index (χ3v) is 2.59. The number of halogens is 1. The third kappa shape index (κ3) is 2.31. The van der Waals surface area contributed by atoms with Crippen LogP contribution >= 0.6 is 11.6 Å². The maximum Gasteiger partial charge on any atom is 0.222 e. The highest BCUT2D eigenvalue weighted by molar-refractivity contribution is 6.30. The molecule has 0 amide bonds. The molecule has 1 fully saturated rings. The Balaban J connectivity index is 1.91. The molecule has 1 saturated carbocycles. The lowest BCUT2D eigenvalue weighted by Crippen LogP contribution is -2.13. The summed E-state index contributed by atoms with van der Waals surface area (Å²) in [7, 11) is 0. The van der Waals surface area contributed by atoms with Crippen molar-refractivity contribution in [1.29, 1.82) is 0 Å². The molecule has 1 aliphatic rings. The highest BCUT2D eigenvalue weighted by Crippen LogP contribution is 2.44. The molecule has 70 valence electrons. The molecule has 0 aliphatic heterocycles. The average molecular weight is 198 g/mol. The van der Waals surface area contributed by atoms with Crippen LogP contribution in [-0.2, 0) is 0 Å². The van der Waals surface area contributed by atoms with Crippen molar-refractivity contribution in [3.05, 3.63) is 17.4 Å². The summed E-state index contributed by atoms with van der Waals surface area (Å²) in [4.78, 5) is 8.11. The van der Waals surface area contributed by atoms with Crippen LogP contribution in [0.5, 0.6) is 0 Å². The maximum absolute atomic E-state index is 5.66. The van der Waals surface area contributed by atoms with E-state index in [0.29, 0.717) is 16.4 Å². The predicted molar refractivity (Wildman–Crippen MR) is 52.9 cm³/mol. The van der Waals surface area contributed by atoms with Gasteiger partial charge in [0, 0.05) is 6.54 Å². The SMILES string of the molecule is CC1(CNc2ncc(Cl)cn2)CC1. The van der Waals surface area contributed by atoms with E-state index in [1.807, 2.05) is 0 Å². The first-order valence-corrected chi connectivity index (χ1v) is 4.77. The first-order chi connectivity index (χ1) is 6.18. The van der Waals surface area contributed by atoms with E-state index in [-0.39, 0.29) is 0 Å². The largest absolute Gasteiger partial charge is 0.354 e. The van der Waals surface area contributed by atoms with Gasteiger partial charge in [-0.25, -0.2) is 9.97 Å². The molecule has 3 nitrogen and oxygen atoms in total. The molecule has 0 atom stereocenters. The van der Waals surface area contributed by atoms with E-state index in [1.165, 1.54) is 12.8 Å². The van der Waals surface area contributed by atoms with Crippen LogP contribution in [0.3, 0.4) is 0 Å². The van der Waals surface area contributed by atoms with Crippen molar-refractivity contribution in [3.63, 3.8) is 0 Å². The van der Waals surface area contributed by atoms with Crippen molar-refractivity contribution < 1.29 is 0 Å². The van der Waals surface area contributed by atoms with E-state index in [4.69, 9.17) is 11.6 Å². The van der Waals surface area contributed by atoms with Gasteiger partial charge in [0.05, 0.1) is 17.4 Å². The standard InChI is InChI=1S/C9H12ClN3/c1-9(2-3-9)6-13-8-11-4-7(10)5-12-8/h4-5H,2-3,6H2,1H3,(H,11,12,13). The summed E-state index contributed by atoms with van der Waals surface area (Å²) >= 11 is 5.66. The van der Waals surface area contributed by atoms with Crippen LogP contribution in [0.2, 0.25) is 5.02 Å². The maximum atomic E-state index is 5.66. The lowest BCUT2D eigenvalue weighted by Gasteiger charge is -2.08. The zero-order valence-corrected chi connectivity index (χ0v) is 8.30. The Kier molecular flexibility index (Phi) is 2.12. The van der Waals surface area contributed by atoms with Gasteiger partial charge in [-0.1, -0.05) is 18.5 Å². The van der Waals surface area contributed by atoms with Crippen LogP contribution in [0.25, 0.3) is 0 Å². The zero-order valence-electron chi connectivity index (χ0n) is 7.55. The molecule has 1 aromatic rings. The summed E-state index contributed by atoms with van der Waals surface area (Å²) in [6, 6.07) is 0. The average Bonchev–Trinajstić information content (AvgIpc) is 2.84. The second-order valence-corrected chi connectivity index (χ2v) is 4.33. The Morgan fingerprint density at radius 1 is 1.46 bits per heavy atom. The van der Waals surface area contributed by atoms with Gasteiger partial charge in [-0.3, -0.25) is 0 Å². The molecule has 0 radical (unpaired) electrons. The Bertz CT molecular complexity index is 292. The van der Waals surface area contributed by atoms with E-state index in [0.717, 1.165) is 6.54 Å². The van der Waals surface area contributed by atoms with Crippen LogP contribution in [0, 0.1) is 5.41 Å². The van der Waals surface area contributed by atoms with Gasteiger partial charge in [0.2, 0.25) is 5.95 Å². The molecule has 0 unspecified atom stereocenters. The number of hydrogen-bond acceptors (Lipinski definition) is 3. The molecule has 1 aromatic heterocycles. The van der Waals surface area contributed by atoms with E-state index < -0.39 is 0 Å². The van der Waals surface area contributed by atoms with Crippen molar-refractivity contribution in [2.45, 2.75) is 19.8 Å². The van der Waals surface area contributed by atoms with Crippen molar-refractivity contribution in [2.75, 3.05) is 11.9 Å². The summed E-state index contributed by atoms with van der Waals surface area (Å²) < 4.78 is 0. The second-order valence-electron chi connectivity index (χ2n) is 3.89. The van der Waals surface area contributed by atoms with Gasteiger partial charge in [0.1, 0.15) is 0 Å². The Morgan fingerprint density at radius 3 is 2.62 bits per heavy atom. The highest BCUT2D eigenvalue weighted by Gasteiger charge is 2.36. The first-order valence-electron chi connectivity index (χ1n) is 4.39. The minimum Gasteiger partial charge on any atom is -0.354 e. The summed E-state index contributed by atoms with van der Waals surface area (Å²) in [6.45, 7) is 3.21. The summed E-state index contributed by atoms with van der Waals surface area (Å²) in [5, 5.41) is 3.77. The van der Waals surface area contributed by atoms with Crippen molar-refractivity contribution >= 4 is 17.5 Å². The molecule has 0 bridgehead atoms. The van der Waals surface area contributed by atoms with Gasteiger partial charge in [-0.05, 0) is 18.3 Å². The van der Waals surface area contributed by atoms with Crippen molar-refractivity contribution in [1.82, 2.24) is 9.97 Å². The Morgan fingerprint density at radius 2 is 2.08 bits per heavy atom. The number of anilines is 1. The summed E-state index contributed by atoms with van der Waals surface area (Å²) in [5.41, 5.74) is 0.475. The normalized spacial score (nSPS) is 18.3. The quantitative estimate of drug-likeness (QED) is 0.809. The third-order valence-electron chi connectivity index (χ3n) is 2.40. The van der Waals surface area contributed by atoms with Gasteiger partial charge in [-0.15, -0.1) is 0 Å². The lowest BCUT2D eigenvalue weighted by atomic mass is 10.1. The van der Waals surface area contributed by atoms with Crippen LogP contribution in [0.15, 0.2) is 12.4 Å². The smallest absolute Gasteiger partial charge is 0.222 e. The summed E-state index contributed by atoms with van der Waals surface area (Å²) in [5.74, 6) is 0.664. The Labute approximate surface area is 82.5 Å². The number of rotatable bonds is 3. The fraction of sp³-hybridized carbons (Fsp3) is 0.556. The van der Waals surface area contributed by atoms with E-state index in [2.05, 4.69) is 22.2 Å². The Hall–Kier alpha value is -0.830. The van der Waals surface area contributed by atoms with Crippen LogP contribution < -0.4 is 5.32 Å². The van der Waals surface area contributed by atoms with Gasteiger partial charge >= 0.3 is 0 Å². The zero-order chi connectivity index (χ0) is 9.31. The predicted octanol–water partition coefficient (Wildman–Crippen LogP) is 2.34.